The molecule has 0 aliphatic carbocycles. The highest BCUT2D eigenvalue weighted by Gasteiger charge is 2.28. The first-order chi connectivity index (χ1) is 15.9. The normalized spacial score (nSPS) is 15.5. The van der Waals surface area contributed by atoms with Crippen LogP contribution in [0.3, 0.4) is 0 Å². The molecule has 0 saturated carbocycles. The van der Waals surface area contributed by atoms with Crippen LogP contribution < -0.4 is 4.74 Å². The van der Waals surface area contributed by atoms with E-state index >= 15 is 0 Å². The number of carbonyl (C=O) groups excluding carboxylic acids is 1. The van der Waals surface area contributed by atoms with Crippen LogP contribution in [0, 0.1) is 5.82 Å². The number of sulfone groups is 1. The van der Waals surface area contributed by atoms with E-state index in [1.165, 1.54) is 29.4 Å². The van der Waals surface area contributed by atoms with E-state index in [2.05, 4.69) is 15.0 Å². The fourth-order valence-electron chi connectivity index (χ4n) is 3.63. The van der Waals surface area contributed by atoms with E-state index in [1.807, 2.05) is 20.8 Å². The summed E-state index contributed by atoms with van der Waals surface area (Å²) in [6.45, 7) is 6.45. The molecular weight excluding hydrogens is 465 g/mol. The summed E-state index contributed by atoms with van der Waals surface area (Å²) in [6, 6.07) is 3.66. The smallest absolute Gasteiger partial charge is 0.410 e. The number of amides is 1. The molecule has 0 unspecified atom stereocenters. The molecule has 1 fully saturated rings. The lowest BCUT2D eigenvalue weighted by Crippen LogP contribution is -2.44. The number of imidazole rings is 1. The molecular formula is C22H26FN5O5S. The lowest BCUT2D eigenvalue weighted by atomic mass is 10.1. The fourth-order valence-corrected chi connectivity index (χ4v) is 4.26. The predicted molar refractivity (Wildman–Crippen MR) is 121 cm³/mol. The molecule has 34 heavy (non-hydrogen) atoms. The molecule has 1 amide bonds. The van der Waals surface area contributed by atoms with Gasteiger partial charge in [0.2, 0.25) is 5.88 Å². The molecule has 12 heteroatoms. The van der Waals surface area contributed by atoms with Crippen LogP contribution in [0.25, 0.3) is 16.9 Å². The summed E-state index contributed by atoms with van der Waals surface area (Å²) in [7, 11) is -3.54. The summed E-state index contributed by atoms with van der Waals surface area (Å²) >= 11 is 0. The zero-order valence-electron chi connectivity index (χ0n) is 19.4. The first kappa shape index (κ1) is 23.9. The highest BCUT2D eigenvalue weighted by molar-refractivity contribution is 7.90. The van der Waals surface area contributed by atoms with Crippen LogP contribution in [-0.2, 0) is 14.6 Å². The van der Waals surface area contributed by atoms with Crippen molar-refractivity contribution in [3.8, 4) is 11.6 Å². The van der Waals surface area contributed by atoms with Gasteiger partial charge in [0.1, 0.15) is 30.2 Å². The summed E-state index contributed by atoms with van der Waals surface area (Å²) in [5.74, 6) is -0.467. The minimum Gasteiger partial charge on any atom is -0.473 e. The molecule has 0 atom stereocenters. The molecule has 4 rings (SSSR count). The molecule has 3 heterocycles. The molecule has 0 N–H and O–H groups in total. The predicted octanol–water partition coefficient (Wildman–Crippen LogP) is 3.14. The Hall–Kier alpha value is -3.28. The van der Waals surface area contributed by atoms with Crippen molar-refractivity contribution in [3.63, 3.8) is 0 Å². The van der Waals surface area contributed by atoms with Gasteiger partial charge in [-0.15, -0.1) is 0 Å². The molecule has 182 valence electrons. The van der Waals surface area contributed by atoms with E-state index in [0.29, 0.717) is 37.1 Å². The van der Waals surface area contributed by atoms with Crippen molar-refractivity contribution < 1.29 is 27.1 Å². The van der Waals surface area contributed by atoms with Gasteiger partial charge in [-0.25, -0.2) is 27.6 Å². The zero-order valence-corrected chi connectivity index (χ0v) is 20.2. The number of halogens is 1. The largest absolute Gasteiger partial charge is 0.473 e. The first-order valence-electron chi connectivity index (χ1n) is 10.7. The molecule has 1 aromatic carbocycles. The number of piperidine rings is 1. The average molecular weight is 492 g/mol. The maximum absolute atomic E-state index is 14.7. The summed E-state index contributed by atoms with van der Waals surface area (Å²) < 4.78 is 51.0. The Morgan fingerprint density at radius 3 is 2.47 bits per heavy atom. The second kappa shape index (κ2) is 8.82. The zero-order chi connectivity index (χ0) is 24.7. The van der Waals surface area contributed by atoms with Gasteiger partial charge in [0, 0.05) is 32.2 Å². The van der Waals surface area contributed by atoms with Crippen molar-refractivity contribution in [3.05, 3.63) is 36.7 Å². The summed E-state index contributed by atoms with van der Waals surface area (Å²) in [6.07, 6.45) is 4.35. The Balaban J connectivity index is 1.51. The topological polar surface area (TPSA) is 117 Å². The Labute approximate surface area is 196 Å². The second-order valence-electron chi connectivity index (χ2n) is 9.14. The van der Waals surface area contributed by atoms with Crippen LogP contribution in [0.4, 0.5) is 9.18 Å². The van der Waals surface area contributed by atoms with Crippen LogP contribution in [-0.4, -0.2) is 70.0 Å². The van der Waals surface area contributed by atoms with Crippen LogP contribution in [0.5, 0.6) is 5.88 Å². The molecule has 2 aromatic heterocycles. The van der Waals surface area contributed by atoms with Gasteiger partial charge in [0.05, 0.1) is 10.6 Å². The van der Waals surface area contributed by atoms with Gasteiger partial charge < -0.3 is 14.4 Å². The third-order valence-corrected chi connectivity index (χ3v) is 6.39. The molecule has 10 nitrogen and oxygen atoms in total. The Morgan fingerprint density at radius 2 is 1.85 bits per heavy atom. The second-order valence-corrected chi connectivity index (χ2v) is 11.2. The number of benzene rings is 1. The van der Waals surface area contributed by atoms with Crippen molar-refractivity contribution in [2.75, 3.05) is 19.3 Å². The number of rotatable bonds is 4. The van der Waals surface area contributed by atoms with Gasteiger partial charge in [-0.3, -0.25) is 4.57 Å². The lowest BCUT2D eigenvalue weighted by molar-refractivity contribution is 0.0124. The van der Waals surface area contributed by atoms with Crippen LogP contribution >= 0.6 is 0 Å². The minimum absolute atomic E-state index is 0.102. The number of ether oxygens (including phenoxy) is 2. The monoisotopic (exact) mass is 491 g/mol. The van der Waals surface area contributed by atoms with Crippen molar-refractivity contribution in [2.24, 2.45) is 0 Å². The number of hydrogen-bond donors (Lipinski definition) is 0. The third-order valence-electron chi connectivity index (χ3n) is 5.28. The summed E-state index contributed by atoms with van der Waals surface area (Å²) in [5.41, 5.74) is 0.219. The SMILES string of the molecule is CC(C)(C)OC(=O)N1CCC(Oc2ncnc3c2ncn3-c2ccc(S(C)(=O)=O)cc2F)CC1. The third kappa shape index (κ3) is 5.11. The number of carbonyl (C=O) groups is 1. The Morgan fingerprint density at radius 1 is 1.15 bits per heavy atom. The van der Waals surface area contributed by atoms with E-state index < -0.39 is 21.3 Å². The van der Waals surface area contributed by atoms with Gasteiger partial charge in [0.25, 0.3) is 0 Å². The van der Waals surface area contributed by atoms with E-state index in [1.54, 1.807) is 4.90 Å². The Bertz CT molecular complexity index is 1330. The molecule has 0 spiro atoms. The number of hydrogen-bond acceptors (Lipinski definition) is 8. The van der Waals surface area contributed by atoms with Crippen molar-refractivity contribution in [2.45, 2.75) is 50.2 Å². The number of likely N-dealkylation sites (tertiary alicyclic amines) is 1. The van der Waals surface area contributed by atoms with E-state index in [9.17, 15) is 17.6 Å². The minimum atomic E-state index is -3.54. The first-order valence-corrected chi connectivity index (χ1v) is 12.6. The summed E-state index contributed by atoms with van der Waals surface area (Å²) in [5, 5.41) is 0. The van der Waals surface area contributed by atoms with Gasteiger partial charge in [-0.05, 0) is 39.0 Å². The molecule has 3 aromatic rings. The van der Waals surface area contributed by atoms with E-state index in [4.69, 9.17) is 9.47 Å². The lowest BCUT2D eigenvalue weighted by Gasteiger charge is -2.33. The average Bonchev–Trinajstić information content (AvgIpc) is 3.17. The van der Waals surface area contributed by atoms with E-state index in [0.717, 1.165) is 12.3 Å². The standard InChI is InChI=1S/C22H26FN5O5S/c1-22(2,3)33-21(29)27-9-7-14(8-10-27)32-20-18-19(24-12-25-20)28(13-26-18)17-6-5-15(11-16(17)23)34(4,30)31/h5-6,11-14H,7-10H2,1-4H3. The quantitative estimate of drug-likeness (QED) is 0.547. The molecule has 1 saturated heterocycles. The maximum Gasteiger partial charge on any atom is 0.410 e. The molecule has 1 aliphatic rings. The van der Waals surface area contributed by atoms with Gasteiger partial charge in [-0.1, -0.05) is 0 Å². The van der Waals surface area contributed by atoms with E-state index in [-0.39, 0.29) is 28.7 Å². The molecule has 0 bridgehead atoms. The molecule has 1 aliphatic heterocycles. The highest BCUT2D eigenvalue weighted by atomic mass is 32.2. The Kier molecular flexibility index (Phi) is 6.19. The van der Waals surface area contributed by atoms with Crippen molar-refractivity contribution >= 4 is 27.1 Å². The highest BCUT2D eigenvalue weighted by Crippen LogP contribution is 2.27. The van der Waals surface area contributed by atoms with Gasteiger partial charge >= 0.3 is 6.09 Å². The summed E-state index contributed by atoms with van der Waals surface area (Å²) in [4.78, 5) is 26.5. The fraction of sp³-hybridized carbons (Fsp3) is 0.455. The van der Waals surface area contributed by atoms with Crippen LogP contribution in [0.1, 0.15) is 33.6 Å². The van der Waals surface area contributed by atoms with Gasteiger partial charge in [0.15, 0.2) is 21.0 Å². The number of fused-ring (bicyclic) bond motifs is 1. The number of aromatic nitrogens is 4. The van der Waals surface area contributed by atoms with Crippen molar-refractivity contribution in [1.29, 1.82) is 0 Å². The van der Waals surface area contributed by atoms with Gasteiger partial charge in [-0.2, -0.15) is 4.98 Å². The van der Waals surface area contributed by atoms with Crippen molar-refractivity contribution in [1.82, 2.24) is 24.4 Å². The molecule has 0 radical (unpaired) electrons. The van der Waals surface area contributed by atoms with Crippen LogP contribution in [0.15, 0.2) is 35.7 Å². The maximum atomic E-state index is 14.7. The number of nitrogens with zero attached hydrogens (tertiary/aromatic N) is 5. The van der Waals surface area contributed by atoms with Crippen LogP contribution in [0.2, 0.25) is 0 Å².